The van der Waals surface area contributed by atoms with Crippen molar-refractivity contribution in [2.24, 2.45) is 11.8 Å². The zero-order chi connectivity index (χ0) is 59.1. The van der Waals surface area contributed by atoms with Gasteiger partial charge in [0, 0.05) is 91.1 Å². The molecule has 6 aliphatic heterocycles. The number of esters is 1. The van der Waals surface area contributed by atoms with Gasteiger partial charge in [-0.3, -0.25) is 67.5 Å². The summed E-state index contributed by atoms with van der Waals surface area (Å²) in [6.45, 7) is 8.24. The number of carboxylic acids is 1. The lowest BCUT2D eigenvalue weighted by Crippen LogP contribution is -2.63. The Morgan fingerprint density at radius 3 is 2.10 bits per heavy atom. The monoisotopic (exact) mass is 1170 g/mol. The number of hydrogen-bond donors (Lipinski definition) is 8. The number of amides is 6. The largest absolute Gasteiger partial charge is 1.15 e. The molecular weight excluding hydrogens is 1090 g/mol. The highest BCUT2D eigenvalue weighted by atomic mass is 27.3. The molecule has 6 amide bonds. The molecule has 0 aliphatic carbocycles. The number of aldehydes is 1. The minimum Gasteiger partial charge on any atom is -0.558 e. The van der Waals surface area contributed by atoms with Crippen LogP contribution in [0.5, 0.6) is 0 Å². The van der Waals surface area contributed by atoms with Crippen LogP contribution in [0.3, 0.4) is 0 Å². The molecule has 0 radical (unpaired) electrons. The maximum Gasteiger partial charge on any atom is 1.15 e. The molecule has 6 aliphatic rings. The first-order valence-corrected chi connectivity index (χ1v) is 29.7. The predicted molar refractivity (Wildman–Crippen MR) is 288 cm³/mol. The van der Waals surface area contributed by atoms with E-state index in [0.717, 1.165) is 30.5 Å². The average molecular weight is 1170 g/mol. The third kappa shape index (κ3) is 17.7. The number of carbonyl (C=O) groups excluding carboxylic acids is 10. The molecule has 8 N–H and O–H groups in total. The van der Waals surface area contributed by atoms with Crippen LogP contribution in [-0.2, 0) is 77.9 Å². The number of halogens is 1. The van der Waals surface area contributed by atoms with E-state index in [9.17, 15) is 66.5 Å². The Hall–Kier alpha value is -6.19. The lowest BCUT2D eigenvalue weighted by atomic mass is 9.83. The van der Waals surface area contributed by atoms with Crippen molar-refractivity contribution in [1.82, 2.24) is 51.5 Å². The summed E-state index contributed by atoms with van der Waals surface area (Å²) in [5, 5.41) is 36.1. The summed E-state index contributed by atoms with van der Waals surface area (Å²) in [6, 6.07) is 1.51. The van der Waals surface area contributed by atoms with E-state index in [4.69, 9.17) is 12.3 Å². The Morgan fingerprint density at radius 2 is 1.46 bits per heavy atom. The summed E-state index contributed by atoms with van der Waals surface area (Å²) in [7, 11) is 0. The molecule has 0 aromatic heterocycles. The number of ether oxygens (including phenoxy) is 1. The zero-order valence-corrected chi connectivity index (χ0v) is 47.7. The van der Waals surface area contributed by atoms with Gasteiger partial charge in [0.05, 0.1) is 37.8 Å². The number of fused-ring (bicyclic) bond motifs is 3. The SMILES string of the molecule is CC[C@H](C)[C@@](C=O)(CN[C@H]1CCc2cccc3c2N(C1=O)[C@H](C(=O)N[C@@H]1CC(=O)O[C@H]1O)C3)NC(=O)CCNC(=O)CCNC(=O)[C@@H](CCC(=O)O)NC(=O)CN1CCC(CN2CCN3CCN(CC2)CC(=O)[O][Al]([F])[O]C(=O)C3)CC1. The number of cyclic esters (lactones) is 1. The van der Waals surface area contributed by atoms with Crippen LogP contribution in [0, 0.1) is 11.8 Å². The second-order valence-electron chi connectivity index (χ2n) is 22.1. The molecule has 0 spiro atoms. The average Bonchev–Trinajstić information content (AvgIpc) is 2.93. The van der Waals surface area contributed by atoms with Crippen molar-refractivity contribution in [3.05, 3.63) is 29.3 Å². The number of anilines is 1. The van der Waals surface area contributed by atoms with Crippen molar-refractivity contribution < 1.29 is 78.8 Å². The molecule has 1 aromatic carbocycles. The fraction of sp³-hybridized carbons (Fsp3) is 0.679. The van der Waals surface area contributed by atoms with E-state index >= 15 is 0 Å². The molecule has 9 atom stereocenters. The van der Waals surface area contributed by atoms with Gasteiger partial charge in [0.25, 0.3) is 11.9 Å². The second-order valence-corrected chi connectivity index (χ2v) is 23.1. The van der Waals surface area contributed by atoms with Crippen LogP contribution in [-0.4, -0.2) is 245 Å². The van der Waals surface area contributed by atoms with Crippen LogP contribution in [0.4, 0.5) is 9.21 Å². The Balaban J connectivity index is 0.829. The maximum absolute atomic E-state index is 14.4. The number of aliphatic carboxylic acids is 1. The Kier molecular flexibility index (Phi) is 23.1. The van der Waals surface area contributed by atoms with Gasteiger partial charge >= 0.3 is 27.2 Å². The minimum atomic E-state index is -3.91. The Bertz CT molecular complexity index is 2500. The molecule has 4 fully saturated rings. The van der Waals surface area contributed by atoms with E-state index < -0.39 is 123 Å². The smallest absolute Gasteiger partial charge is 0.558 e. The fourth-order valence-electron chi connectivity index (χ4n) is 11.3. The van der Waals surface area contributed by atoms with E-state index in [1.807, 2.05) is 39.8 Å². The van der Waals surface area contributed by atoms with Crippen LogP contribution in [0.2, 0.25) is 0 Å². The molecule has 29 heteroatoms. The lowest BCUT2D eigenvalue weighted by Gasteiger charge is -2.37. The summed E-state index contributed by atoms with van der Waals surface area (Å²) < 4.78 is 28.4. The first kappa shape index (κ1) is 63.4. The minimum absolute atomic E-state index is 0.0304. The Labute approximate surface area is 479 Å². The number of likely N-dealkylation sites (tertiary alicyclic amines) is 1. The maximum atomic E-state index is 14.4. The van der Waals surface area contributed by atoms with Crippen molar-refractivity contribution in [2.45, 2.75) is 120 Å². The fourth-order valence-corrected chi connectivity index (χ4v) is 11.9. The van der Waals surface area contributed by atoms with Gasteiger partial charge in [0.1, 0.15) is 30.0 Å². The van der Waals surface area contributed by atoms with E-state index in [1.54, 1.807) is 6.92 Å². The molecule has 2 unspecified atom stereocenters. The van der Waals surface area contributed by atoms with Gasteiger partial charge in [-0.05, 0) is 68.2 Å². The van der Waals surface area contributed by atoms with Gasteiger partial charge in [-0.2, -0.15) is 0 Å². The number of carbonyl (C=O) groups is 11. The van der Waals surface area contributed by atoms with E-state index in [2.05, 4.69) is 36.8 Å². The highest BCUT2D eigenvalue weighted by Crippen LogP contribution is 2.39. The van der Waals surface area contributed by atoms with Gasteiger partial charge in [0.15, 0.2) is 0 Å². The summed E-state index contributed by atoms with van der Waals surface area (Å²) in [4.78, 5) is 151. The molecule has 6 heterocycles. The third-order valence-corrected chi connectivity index (χ3v) is 17.2. The first-order valence-electron chi connectivity index (χ1n) is 28.3. The van der Waals surface area contributed by atoms with E-state index in [0.29, 0.717) is 83.6 Å². The number of aliphatic hydroxyl groups excluding tert-OH is 1. The number of aryl methyl sites for hydroxylation is 1. The van der Waals surface area contributed by atoms with Crippen LogP contribution >= 0.6 is 0 Å². The normalized spacial score (nSPS) is 25.2. The van der Waals surface area contributed by atoms with Crippen LogP contribution in [0.25, 0.3) is 0 Å². The Morgan fingerprint density at radius 1 is 0.817 bits per heavy atom. The number of piperidine rings is 1. The molecule has 2 bridgehead atoms. The standard InChI is InChI=1S/C53H79N11O16.Al.FH/c1-3-33(2)53(32-65,31-56-38-8-7-35-5-4-6-36-25-40(64(48(35)36)51(38)78)50(77)58-39-26-47(75)80-52(39)79)59-42(67)12-15-54-41(66)11-16-55-49(76)37(9-10-44(69)70)57-43(68)28-60-17-13-34(14-18-60)27-61-19-21-62(29-45(71)72)23-24-63(22-20-61)30-46(73)74;;/h4-6,32-34,37-40,52,56,79H,3,7-31H2,1-2H3,(H,54,66)(H,55,76)(H,57,68)(H,58,77)(H,59,67)(H,69,70)(H,71,72)(H,73,74);;1H/q;+3;/p-3/t33-,37+,38-,39+,40-,52+,53-;;/m0../s1. The van der Waals surface area contributed by atoms with Crippen LogP contribution < -0.4 is 36.8 Å². The van der Waals surface area contributed by atoms with Crippen molar-refractivity contribution in [1.29, 1.82) is 0 Å². The predicted octanol–water partition coefficient (Wildman–Crippen LogP) is -3.25. The van der Waals surface area contributed by atoms with Gasteiger partial charge in [-0.15, -0.1) is 0 Å². The highest BCUT2D eigenvalue weighted by molar-refractivity contribution is 6.41. The molecule has 450 valence electrons. The van der Waals surface area contributed by atoms with Gasteiger partial charge in [0.2, 0.25) is 41.7 Å². The summed E-state index contributed by atoms with van der Waals surface area (Å²) in [5.41, 5.74) is 0.762. The number of aliphatic hydroxyl groups is 1. The van der Waals surface area contributed by atoms with Crippen LogP contribution in [0.1, 0.15) is 82.8 Å². The van der Waals surface area contributed by atoms with Gasteiger partial charge < -0.3 is 67.6 Å². The highest BCUT2D eigenvalue weighted by Gasteiger charge is 2.47. The van der Waals surface area contributed by atoms with Crippen molar-refractivity contribution in [2.75, 3.05) is 103 Å². The van der Waals surface area contributed by atoms with Crippen molar-refractivity contribution in [3.8, 4) is 0 Å². The molecule has 82 heavy (non-hydrogen) atoms. The molecule has 4 saturated heterocycles. The molecule has 7 rings (SSSR count). The number of hydrogen-bond acceptors (Lipinski definition) is 20. The third-order valence-electron chi connectivity index (χ3n) is 16.3. The number of nitrogens with zero attached hydrogens (tertiary/aromatic N) is 5. The molecular formula is C53H77AlFN11O16. The lowest BCUT2D eigenvalue weighted by molar-refractivity contribution is -0.155. The van der Waals surface area contributed by atoms with Gasteiger partial charge in [-0.1, -0.05) is 38.5 Å². The van der Waals surface area contributed by atoms with E-state index in [1.165, 1.54) is 4.90 Å². The molecule has 27 nitrogen and oxygen atoms in total. The summed E-state index contributed by atoms with van der Waals surface area (Å²) in [5.74, 6) is -6.73. The number of benzene rings is 1. The van der Waals surface area contributed by atoms with E-state index in [-0.39, 0.29) is 77.3 Å². The van der Waals surface area contributed by atoms with Crippen LogP contribution in [0.15, 0.2) is 18.2 Å². The topological polar surface area (TPSA) is 344 Å². The number of carboxylic acid groups (broad SMARTS) is 1. The zero-order valence-electron chi connectivity index (χ0n) is 46.5. The molecule has 1 aromatic rings. The number of para-hydroxylation sites is 1. The number of nitrogens with one attached hydrogen (secondary N) is 6. The van der Waals surface area contributed by atoms with Gasteiger partial charge in [-0.25, -0.2) is 0 Å². The first-order chi connectivity index (χ1) is 39.2. The summed E-state index contributed by atoms with van der Waals surface area (Å²) in [6.07, 6.45) is 0.792. The summed E-state index contributed by atoms with van der Waals surface area (Å²) >= 11 is -3.91. The number of rotatable bonds is 24. The van der Waals surface area contributed by atoms with Crippen molar-refractivity contribution in [3.63, 3.8) is 0 Å². The molecule has 0 saturated carbocycles. The second kappa shape index (κ2) is 29.9. The van der Waals surface area contributed by atoms with Crippen molar-refractivity contribution >= 4 is 86.6 Å². The quantitative estimate of drug-likeness (QED) is 0.0286.